The third kappa shape index (κ3) is 10.5. The molecule has 10 heteroatoms. The number of Topliss-reactive ketones (excluding diaryl/α,β-unsaturated/α-hetero) is 1. The molecule has 0 spiro atoms. The van der Waals surface area contributed by atoms with Crippen molar-refractivity contribution in [2.45, 2.75) is 125 Å². The molecule has 0 bridgehead atoms. The van der Waals surface area contributed by atoms with Gasteiger partial charge in [0.05, 0.1) is 17.9 Å². The molecule has 1 aliphatic heterocycles. The van der Waals surface area contributed by atoms with Crippen LogP contribution >= 0.6 is 0 Å². The molecule has 1 aromatic carbocycles. The van der Waals surface area contributed by atoms with Gasteiger partial charge in [0.1, 0.15) is 18.3 Å². The topological polar surface area (TPSA) is 124 Å². The van der Waals surface area contributed by atoms with Gasteiger partial charge < -0.3 is 19.4 Å². The van der Waals surface area contributed by atoms with Crippen LogP contribution in [-0.4, -0.2) is 63.8 Å². The second-order valence-electron chi connectivity index (χ2n) is 13.6. The highest BCUT2D eigenvalue weighted by Gasteiger charge is 2.51. The van der Waals surface area contributed by atoms with Crippen molar-refractivity contribution in [1.29, 1.82) is 0 Å². The Labute approximate surface area is 268 Å². The first-order valence-electron chi connectivity index (χ1n) is 15.9. The van der Waals surface area contributed by atoms with Gasteiger partial charge in [0.15, 0.2) is 5.78 Å². The van der Waals surface area contributed by atoms with E-state index >= 15 is 4.39 Å². The van der Waals surface area contributed by atoms with Crippen molar-refractivity contribution in [2.75, 3.05) is 6.61 Å². The summed E-state index contributed by atoms with van der Waals surface area (Å²) in [5.41, 5.74) is -3.43. The molecule has 9 nitrogen and oxygen atoms in total. The Morgan fingerprint density at radius 3 is 2.31 bits per heavy atom. The number of oxime groups is 1. The predicted octanol–water partition coefficient (Wildman–Crippen LogP) is 6.44. The molecule has 1 amide bonds. The molecular weight excluding hydrogens is 579 g/mol. The molecule has 1 heterocycles. The van der Waals surface area contributed by atoms with Gasteiger partial charge in [0.2, 0.25) is 5.91 Å². The van der Waals surface area contributed by atoms with Crippen LogP contribution in [0.2, 0.25) is 0 Å². The van der Waals surface area contributed by atoms with Gasteiger partial charge in [0.25, 0.3) is 5.67 Å². The van der Waals surface area contributed by atoms with E-state index in [1.165, 1.54) is 6.92 Å². The Bertz CT molecular complexity index is 1220. The van der Waals surface area contributed by atoms with Crippen molar-refractivity contribution in [3.63, 3.8) is 0 Å². The third-order valence-corrected chi connectivity index (χ3v) is 8.70. The lowest BCUT2D eigenvalue weighted by Gasteiger charge is -2.43. The minimum atomic E-state index is -2.93. The zero-order valence-corrected chi connectivity index (χ0v) is 28.7. The summed E-state index contributed by atoms with van der Waals surface area (Å²) in [6, 6.07) is 9.59. The molecule has 1 saturated heterocycles. The maximum Gasteiger partial charge on any atom is 0.351 e. The summed E-state index contributed by atoms with van der Waals surface area (Å²) in [4.78, 5) is 48.6. The normalized spacial score (nSPS) is 30.7. The summed E-state index contributed by atoms with van der Waals surface area (Å²) in [7, 11) is 0. The monoisotopic (exact) mass is 632 g/mol. The highest BCUT2D eigenvalue weighted by molar-refractivity contribution is 6.07. The summed E-state index contributed by atoms with van der Waals surface area (Å²) < 4.78 is 27.8. The highest BCUT2D eigenvalue weighted by atomic mass is 19.1. The van der Waals surface area contributed by atoms with E-state index < -0.39 is 52.5 Å². The molecule has 0 radical (unpaired) electrons. The first-order valence-corrected chi connectivity index (χ1v) is 15.9. The van der Waals surface area contributed by atoms with Crippen LogP contribution in [-0.2, 0) is 35.3 Å². The molecule has 1 aliphatic rings. The zero-order valence-electron chi connectivity index (χ0n) is 28.7. The van der Waals surface area contributed by atoms with E-state index in [2.05, 4.69) is 10.1 Å². The number of hydrogen-bond donors (Lipinski definition) is 1. The Kier molecular flexibility index (Phi) is 13.6. The Morgan fingerprint density at radius 1 is 1.13 bits per heavy atom. The van der Waals surface area contributed by atoms with Gasteiger partial charge in [-0.25, -0.2) is 14.2 Å². The fraction of sp³-hybridized carbons (Fsp3) is 0.686. The van der Waals surface area contributed by atoms with Crippen molar-refractivity contribution in [1.82, 2.24) is 0 Å². The standard InChI is InChI=1S/C35H53FN2O7/c1-11-29-35(10,42)28(24(5)30(22(2)3)37-25(6)39)18-17-27(38-44-20-26-15-13-12-14-16-26)21-43-33(7,8)19-23(4)31(40)34(9,36)32(41)45-29/h12-16,22-24,28-29,42H,11,17-21H2,1-10H3/b37-30?,38-27+/t23-,24-,28-,29-,34+,35+/m1/s1. The number of halogens is 1. The molecule has 0 aromatic heterocycles. The van der Waals surface area contributed by atoms with Gasteiger partial charge in [-0.2, -0.15) is 0 Å². The third-order valence-electron chi connectivity index (χ3n) is 8.70. The van der Waals surface area contributed by atoms with Gasteiger partial charge >= 0.3 is 5.97 Å². The molecule has 1 aromatic rings. The molecule has 45 heavy (non-hydrogen) atoms. The van der Waals surface area contributed by atoms with E-state index in [1.54, 1.807) is 34.6 Å². The summed E-state index contributed by atoms with van der Waals surface area (Å²) >= 11 is 0. The van der Waals surface area contributed by atoms with Crippen LogP contribution in [0.3, 0.4) is 0 Å². The lowest BCUT2D eigenvalue weighted by atomic mass is 9.70. The maximum absolute atomic E-state index is 15.9. The van der Waals surface area contributed by atoms with E-state index in [0.717, 1.165) is 12.5 Å². The van der Waals surface area contributed by atoms with Crippen molar-refractivity contribution in [3.05, 3.63) is 35.9 Å². The fourth-order valence-electron chi connectivity index (χ4n) is 6.26. The van der Waals surface area contributed by atoms with Crippen LogP contribution < -0.4 is 0 Å². The van der Waals surface area contributed by atoms with Crippen molar-refractivity contribution >= 4 is 29.1 Å². The zero-order chi connectivity index (χ0) is 34.2. The molecule has 0 aliphatic carbocycles. The molecule has 1 N–H and O–H groups in total. The number of esters is 1. The molecule has 2 rings (SSSR count). The molecule has 252 valence electrons. The minimum Gasteiger partial charge on any atom is -0.457 e. The SMILES string of the molecule is CC[C@H]1OC(=O)[C@@](C)(F)C(=O)[C@H](C)CC(C)(C)OC/C(=N/OCc2ccccc2)CC[C@H]([C@@H](C)C(=NC(C)=O)C(C)C)[C@]1(C)O. The number of ether oxygens (including phenoxy) is 2. The number of amides is 1. The number of carbonyl (C=O) groups excluding carboxylic acids is 3. The van der Waals surface area contributed by atoms with E-state index in [0.29, 0.717) is 24.3 Å². The Hall–Kier alpha value is -2.98. The average molecular weight is 633 g/mol. The maximum atomic E-state index is 15.9. The van der Waals surface area contributed by atoms with Gasteiger partial charge in [-0.1, -0.05) is 70.1 Å². The minimum absolute atomic E-state index is 0.0596. The number of hydrogen-bond acceptors (Lipinski definition) is 8. The number of nitrogens with zero attached hydrogens (tertiary/aromatic N) is 2. The number of ketones is 1. The number of aliphatic imine (C=N–C) groups is 1. The Balaban J connectivity index is 2.64. The lowest BCUT2D eigenvalue weighted by molar-refractivity contribution is -0.186. The smallest absolute Gasteiger partial charge is 0.351 e. The second kappa shape index (κ2) is 16.0. The van der Waals surface area contributed by atoms with Crippen LogP contribution in [0.25, 0.3) is 0 Å². The first-order chi connectivity index (χ1) is 20.8. The van der Waals surface area contributed by atoms with Crippen LogP contribution in [0.4, 0.5) is 4.39 Å². The fourth-order valence-corrected chi connectivity index (χ4v) is 6.26. The molecule has 1 fully saturated rings. The largest absolute Gasteiger partial charge is 0.457 e. The molecule has 0 saturated carbocycles. The van der Waals surface area contributed by atoms with E-state index in [1.807, 2.05) is 51.1 Å². The number of carbonyl (C=O) groups is 3. The molecule has 6 atom stereocenters. The van der Waals surface area contributed by atoms with Crippen LogP contribution in [0, 0.1) is 23.7 Å². The first kappa shape index (κ1) is 38.2. The van der Waals surface area contributed by atoms with Crippen molar-refractivity contribution in [3.8, 4) is 0 Å². The van der Waals surface area contributed by atoms with Gasteiger partial charge in [-0.3, -0.25) is 9.59 Å². The average Bonchev–Trinajstić information content (AvgIpc) is 2.95. The highest BCUT2D eigenvalue weighted by Crippen LogP contribution is 2.38. The second-order valence-corrected chi connectivity index (χ2v) is 13.6. The summed E-state index contributed by atoms with van der Waals surface area (Å²) in [6.07, 6.45) is -0.203. The molecule has 0 unspecified atom stereocenters. The van der Waals surface area contributed by atoms with E-state index in [9.17, 15) is 19.5 Å². The number of alkyl halides is 1. The van der Waals surface area contributed by atoms with Crippen LogP contribution in [0.15, 0.2) is 40.5 Å². The van der Waals surface area contributed by atoms with Crippen LogP contribution in [0.1, 0.15) is 100 Å². The van der Waals surface area contributed by atoms with Crippen molar-refractivity contribution < 1.29 is 38.2 Å². The summed E-state index contributed by atoms with van der Waals surface area (Å²) in [5.74, 6) is -4.71. The Morgan fingerprint density at radius 2 is 1.76 bits per heavy atom. The van der Waals surface area contributed by atoms with E-state index in [4.69, 9.17) is 14.3 Å². The summed E-state index contributed by atoms with van der Waals surface area (Å²) in [5, 5.41) is 16.6. The number of aliphatic hydroxyl groups is 1. The van der Waals surface area contributed by atoms with Crippen LogP contribution in [0.5, 0.6) is 0 Å². The summed E-state index contributed by atoms with van der Waals surface area (Å²) in [6.45, 7) is 16.7. The van der Waals surface area contributed by atoms with Crippen molar-refractivity contribution in [2.24, 2.45) is 33.8 Å². The van der Waals surface area contributed by atoms with E-state index in [-0.39, 0.29) is 37.9 Å². The number of rotatable bonds is 7. The quantitative estimate of drug-likeness (QED) is 0.159. The van der Waals surface area contributed by atoms with Gasteiger partial charge in [-0.15, -0.1) is 0 Å². The van der Waals surface area contributed by atoms with Gasteiger partial charge in [-0.05, 0) is 70.8 Å². The molecular formula is C35H53FN2O7. The lowest BCUT2D eigenvalue weighted by Crippen LogP contribution is -2.54. The number of benzene rings is 1. The van der Waals surface area contributed by atoms with Gasteiger partial charge in [0, 0.05) is 24.5 Å². The number of cyclic esters (lactones) is 1. The predicted molar refractivity (Wildman–Crippen MR) is 173 cm³/mol.